The maximum atomic E-state index is 11.5. The van der Waals surface area contributed by atoms with Crippen molar-refractivity contribution >= 4 is 5.91 Å². The van der Waals surface area contributed by atoms with Gasteiger partial charge in [-0.3, -0.25) is 4.79 Å². The van der Waals surface area contributed by atoms with Crippen molar-refractivity contribution in [2.24, 2.45) is 0 Å². The molecule has 0 aromatic heterocycles. The first-order valence-electron chi connectivity index (χ1n) is 7.38. The van der Waals surface area contributed by atoms with Gasteiger partial charge in [0.25, 0.3) is 5.91 Å². The van der Waals surface area contributed by atoms with Crippen LogP contribution in [0.4, 0.5) is 0 Å². The maximum absolute atomic E-state index is 11.5. The topological polar surface area (TPSA) is 59.6 Å². The SMILES string of the molecule is CCOC1CC(NCc2ccc(C(=O)NC)cc2)C1OC. The Hall–Kier alpha value is -1.43. The highest BCUT2D eigenvalue weighted by Gasteiger charge is 2.41. The molecule has 0 aliphatic heterocycles. The zero-order valence-electron chi connectivity index (χ0n) is 12.9. The third-order valence-electron chi connectivity index (χ3n) is 3.91. The van der Waals surface area contributed by atoms with Gasteiger partial charge in [0.2, 0.25) is 0 Å². The Kier molecular flexibility index (Phi) is 5.73. The van der Waals surface area contributed by atoms with Crippen LogP contribution in [0.2, 0.25) is 0 Å². The summed E-state index contributed by atoms with van der Waals surface area (Å²) < 4.78 is 11.1. The summed E-state index contributed by atoms with van der Waals surface area (Å²) >= 11 is 0. The number of ether oxygens (including phenoxy) is 2. The molecule has 5 nitrogen and oxygen atoms in total. The largest absolute Gasteiger partial charge is 0.377 e. The number of carbonyl (C=O) groups excluding carboxylic acids is 1. The Labute approximate surface area is 126 Å². The minimum atomic E-state index is -0.0625. The Morgan fingerprint density at radius 2 is 2.05 bits per heavy atom. The standard InChI is InChI=1S/C16H24N2O3/c1-4-21-14-9-13(15(14)20-3)18-10-11-5-7-12(8-6-11)16(19)17-2/h5-8,13-15,18H,4,9-10H2,1-3H3,(H,17,19). The van der Waals surface area contributed by atoms with Gasteiger partial charge in [-0.25, -0.2) is 0 Å². The Balaban J connectivity index is 1.82. The second kappa shape index (κ2) is 7.54. The van der Waals surface area contributed by atoms with E-state index in [4.69, 9.17) is 9.47 Å². The van der Waals surface area contributed by atoms with Crippen LogP contribution in [-0.2, 0) is 16.0 Å². The molecule has 0 heterocycles. The fourth-order valence-electron chi connectivity index (χ4n) is 2.64. The average molecular weight is 292 g/mol. The number of amides is 1. The third-order valence-corrected chi connectivity index (χ3v) is 3.91. The smallest absolute Gasteiger partial charge is 0.251 e. The normalized spacial score (nSPS) is 24.4. The van der Waals surface area contributed by atoms with Crippen molar-refractivity contribution < 1.29 is 14.3 Å². The molecule has 1 fully saturated rings. The van der Waals surface area contributed by atoms with E-state index in [1.54, 1.807) is 14.2 Å². The summed E-state index contributed by atoms with van der Waals surface area (Å²) in [6.45, 7) is 3.48. The van der Waals surface area contributed by atoms with Gasteiger partial charge in [-0.2, -0.15) is 0 Å². The second-order valence-corrected chi connectivity index (χ2v) is 5.19. The summed E-state index contributed by atoms with van der Waals surface area (Å²) in [5, 5.41) is 6.10. The van der Waals surface area contributed by atoms with Gasteiger partial charge in [0.1, 0.15) is 0 Å². The number of benzene rings is 1. The van der Waals surface area contributed by atoms with E-state index < -0.39 is 0 Å². The minimum Gasteiger partial charge on any atom is -0.377 e. The molecule has 116 valence electrons. The van der Waals surface area contributed by atoms with Crippen LogP contribution >= 0.6 is 0 Å². The van der Waals surface area contributed by atoms with Crippen LogP contribution in [0.25, 0.3) is 0 Å². The number of hydrogen-bond acceptors (Lipinski definition) is 4. The van der Waals surface area contributed by atoms with Gasteiger partial charge in [-0.05, 0) is 31.0 Å². The van der Waals surface area contributed by atoms with E-state index in [-0.39, 0.29) is 18.1 Å². The van der Waals surface area contributed by atoms with E-state index in [1.807, 2.05) is 31.2 Å². The molecule has 1 aliphatic rings. The molecular formula is C16H24N2O3. The molecule has 1 aromatic rings. The van der Waals surface area contributed by atoms with E-state index in [0.29, 0.717) is 11.6 Å². The van der Waals surface area contributed by atoms with Crippen molar-refractivity contribution in [3.8, 4) is 0 Å². The number of hydrogen-bond donors (Lipinski definition) is 2. The molecule has 0 radical (unpaired) electrons. The molecule has 0 saturated heterocycles. The molecule has 1 aliphatic carbocycles. The van der Waals surface area contributed by atoms with Gasteiger partial charge < -0.3 is 20.1 Å². The van der Waals surface area contributed by atoms with Crippen molar-refractivity contribution in [2.75, 3.05) is 20.8 Å². The Morgan fingerprint density at radius 1 is 1.33 bits per heavy atom. The highest BCUT2D eigenvalue weighted by Crippen LogP contribution is 2.27. The van der Waals surface area contributed by atoms with E-state index >= 15 is 0 Å². The summed E-state index contributed by atoms with van der Waals surface area (Å²) in [5.41, 5.74) is 1.83. The Bertz CT molecular complexity index is 461. The molecule has 2 rings (SSSR count). The summed E-state index contributed by atoms with van der Waals surface area (Å²) in [4.78, 5) is 11.5. The lowest BCUT2D eigenvalue weighted by molar-refractivity contribution is -0.131. The van der Waals surface area contributed by atoms with Crippen molar-refractivity contribution in [3.05, 3.63) is 35.4 Å². The van der Waals surface area contributed by atoms with Gasteiger partial charge in [-0.15, -0.1) is 0 Å². The Morgan fingerprint density at radius 3 is 2.62 bits per heavy atom. The zero-order valence-corrected chi connectivity index (χ0v) is 12.9. The number of nitrogens with one attached hydrogen (secondary N) is 2. The number of methoxy groups -OCH3 is 1. The highest BCUT2D eigenvalue weighted by molar-refractivity contribution is 5.93. The van der Waals surface area contributed by atoms with Gasteiger partial charge in [0.05, 0.1) is 12.2 Å². The van der Waals surface area contributed by atoms with Crippen molar-refractivity contribution in [1.29, 1.82) is 0 Å². The second-order valence-electron chi connectivity index (χ2n) is 5.19. The zero-order chi connectivity index (χ0) is 15.2. The lowest BCUT2D eigenvalue weighted by atomic mass is 9.85. The summed E-state index contributed by atoms with van der Waals surface area (Å²) in [5.74, 6) is -0.0625. The van der Waals surface area contributed by atoms with Crippen LogP contribution in [0.15, 0.2) is 24.3 Å². The third kappa shape index (κ3) is 3.81. The van der Waals surface area contributed by atoms with E-state index in [2.05, 4.69) is 10.6 Å². The first-order chi connectivity index (χ1) is 10.2. The van der Waals surface area contributed by atoms with E-state index in [1.165, 1.54) is 0 Å². The van der Waals surface area contributed by atoms with Crippen LogP contribution < -0.4 is 10.6 Å². The van der Waals surface area contributed by atoms with Crippen LogP contribution in [0.3, 0.4) is 0 Å². The minimum absolute atomic E-state index is 0.0625. The summed E-state index contributed by atoms with van der Waals surface area (Å²) in [6.07, 6.45) is 1.30. The van der Waals surface area contributed by atoms with Crippen LogP contribution in [0.5, 0.6) is 0 Å². The number of rotatable bonds is 7. The molecule has 21 heavy (non-hydrogen) atoms. The van der Waals surface area contributed by atoms with Crippen LogP contribution in [0, 0.1) is 0 Å². The maximum Gasteiger partial charge on any atom is 0.251 e. The number of carbonyl (C=O) groups is 1. The molecule has 1 aromatic carbocycles. The lowest BCUT2D eigenvalue weighted by Gasteiger charge is -2.43. The molecule has 3 atom stereocenters. The molecule has 2 N–H and O–H groups in total. The fourth-order valence-corrected chi connectivity index (χ4v) is 2.64. The molecule has 1 amide bonds. The predicted octanol–water partition coefficient (Wildman–Crippen LogP) is 1.33. The lowest BCUT2D eigenvalue weighted by Crippen LogP contribution is -2.59. The molecule has 0 bridgehead atoms. The van der Waals surface area contributed by atoms with Gasteiger partial charge in [0.15, 0.2) is 0 Å². The molecule has 3 unspecified atom stereocenters. The van der Waals surface area contributed by atoms with Crippen molar-refractivity contribution in [3.63, 3.8) is 0 Å². The van der Waals surface area contributed by atoms with Gasteiger partial charge in [-0.1, -0.05) is 12.1 Å². The van der Waals surface area contributed by atoms with Gasteiger partial charge >= 0.3 is 0 Å². The molecule has 1 saturated carbocycles. The van der Waals surface area contributed by atoms with E-state index in [9.17, 15) is 4.79 Å². The highest BCUT2D eigenvalue weighted by atomic mass is 16.5. The quantitative estimate of drug-likeness (QED) is 0.796. The molecule has 5 heteroatoms. The van der Waals surface area contributed by atoms with Gasteiger partial charge in [0, 0.05) is 38.9 Å². The van der Waals surface area contributed by atoms with Crippen LogP contribution in [-0.4, -0.2) is 44.9 Å². The predicted molar refractivity (Wildman–Crippen MR) is 81.3 cm³/mol. The average Bonchev–Trinajstić information content (AvgIpc) is 2.50. The first kappa shape index (κ1) is 15.9. The fraction of sp³-hybridized carbons (Fsp3) is 0.562. The summed E-state index contributed by atoms with van der Waals surface area (Å²) in [7, 11) is 3.36. The monoisotopic (exact) mass is 292 g/mol. The molecular weight excluding hydrogens is 268 g/mol. The first-order valence-corrected chi connectivity index (χ1v) is 7.38. The summed E-state index contributed by atoms with van der Waals surface area (Å²) in [6, 6.07) is 7.95. The van der Waals surface area contributed by atoms with Crippen molar-refractivity contribution in [2.45, 2.75) is 38.1 Å². The van der Waals surface area contributed by atoms with E-state index in [0.717, 1.165) is 25.1 Å². The molecule has 0 spiro atoms. The van der Waals surface area contributed by atoms with Crippen molar-refractivity contribution in [1.82, 2.24) is 10.6 Å². The van der Waals surface area contributed by atoms with Crippen LogP contribution in [0.1, 0.15) is 29.3 Å².